The van der Waals surface area contributed by atoms with Crippen molar-refractivity contribution in [3.63, 3.8) is 0 Å². The molecule has 0 aliphatic carbocycles. The van der Waals surface area contributed by atoms with Crippen molar-refractivity contribution in [2.75, 3.05) is 12.4 Å². The summed E-state index contributed by atoms with van der Waals surface area (Å²) in [5.41, 5.74) is 2.15. The van der Waals surface area contributed by atoms with E-state index in [0.29, 0.717) is 32.8 Å². The van der Waals surface area contributed by atoms with E-state index in [1.807, 2.05) is 6.92 Å². The van der Waals surface area contributed by atoms with Crippen molar-refractivity contribution in [3.8, 4) is 17.0 Å². The minimum Gasteiger partial charge on any atom is -0.495 e. The zero-order valence-corrected chi connectivity index (χ0v) is 15.0. The molecule has 0 aliphatic rings. The molecule has 0 fully saturated rings. The van der Waals surface area contributed by atoms with Crippen molar-refractivity contribution >= 4 is 39.4 Å². The van der Waals surface area contributed by atoms with Crippen molar-refractivity contribution in [1.82, 2.24) is 4.98 Å². The number of aromatic nitrogens is 1. The predicted octanol–water partition coefficient (Wildman–Crippen LogP) is 5.43. The number of nitro groups is 1. The largest absolute Gasteiger partial charge is 0.495 e. The standard InChI is InChI=1S/C17H14ClN3O3S/c1-10-16(11-4-3-5-13(8-11)21(22)23)20-17(25-10)19-14-9-12(18)6-7-15(14)24-2/h3-9H,1-2H3,(H,19,20). The summed E-state index contributed by atoms with van der Waals surface area (Å²) in [6.07, 6.45) is 0. The molecule has 128 valence electrons. The van der Waals surface area contributed by atoms with Crippen LogP contribution in [0.2, 0.25) is 5.02 Å². The molecular weight excluding hydrogens is 362 g/mol. The molecule has 0 radical (unpaired) electrons. The number of nitro benzene ring substituents is 1. The van der Waals surface area contributed by atoms with Crippen molar-refractivity contribution in [3.05, 3.63) is 62.5 Å². The zero-order chi connectivity index (χ0) is 18.0. The number of thiazole rings is 1. The molecule has 3 rings (SSSR count). The van der Waals surface area contributed by atoms with Gasteiger partial charge in [0.2, 0.25) is 0 Å². The number of nitrogens with one attached hydrogen (secondary N) is 1. The fourth-order valence-corrected chi connectivity index (χ4v) is 3.40. The minimum atomic E-state index is -0.415. The number of halogens is 1. The van der Waals surface area contributed by atoms with Gasteiger partial charge in [-0.2, -0.15) is 0 Å². The van der Waals surface area contributed by atoms with Crippen molar-refractivity contribution < 1.29 is 9.66 Å². The lowest BCUT2D eigenvalue weighted by atomic mass is 10.1. The molecule has 1 aromatic heterocycles. The van der Waals surface area contributed by atoms with Crippen LogP contribution in [0.5, 0.6) is 5.75 Å². The Morgan fingerprint density at radius 1 is 1.28 bits per heavy atom. The van der Waals surface area contributed by atoms with Gasteiger partial charge in [0.05, 0.1) is 23.4 Å². The van der Waals surface area contributed by atoms with Gasteiger partial charge in [0.1, 0.15) is 5.75 Å². The zero-order valence-electron chi connectivity index (χ0n) is 13.4. The van der Waals surface area contributed by atoms with Crippen LogP contribution < -0.4 is 10.1 Å². The summed E-state index contributed by atoms with van der Waals surface area (Å²) in [5.74, 6) is 0.647. The highest BCUT2D eigenvalue weighted by Crippen LogP contribution is 2.36. The lowest BCUT2D eigenvalue weighted by molar-refractivity contribution is -0.384. The average Bonchev–Trinajstić information content (AvgIpc) is 2.95. The molecule has 0 spiro atoms. The first-order chi connectivity index (χ1) is 12.0. The van der Waals surface area contributed by atoms with E-state index in [0.717, 1.165) is 4.88 Å². The SMILES string of the molecule is COc1ccc(Cl)cc1Nc1nc(-c2cccc([N+](=O)[O-])c2)c(C)s1. The monoisotopic (exact) mass is 375 g/mol. The third-order valence-corrected chi connectivity index (χ3v) is 4.65. The molecule has 6 nitrogen and oxygen atoms in total. The first-order valence-electron chi connectivity index (χ1n) is 7.30. The molecule has 1 N–H and O–H groups in total. The van der Waals surface area contributed by atoms with Gasteiger partial charge in [-0.3, -0.25) is 10.1 Å². The van der Waals surface area contributed by atoms with Crippen LogP contribution in [-0.4, -0.2) is 17.0 Å². The van der Waals surface area contributed by atoms with E-state index in [4.69, 9.17) is 16.3 Å². The van der Waals surface area contributed by atoms with Gasteiger partial charge in [-0.1, -0.05) is 23.7 Å². The number of nitrogens with zero attached hydrogens (tertiary/aromatic N) is 2. The number of methoxy groups -OCH3 is 1. The van der Waals surface area contributed by atoms with Crippen LogP contribution in [0.4, 0.5) is 16.5 Å². The maximum Gasteiger partial charge on any atom is 0.270 e. The molecule has 0 aliphatic heterocycles. The third-order valence-electron chi connectivity index (χ3n) is 3.53. The Balaban J connectivity index is 1.95. The van der Waals surface area contributed by atoms with E-state index in [2.05, 4.69) is 10.3 Å². The van der Waals surface area contributed by atoms with Gasteiger partial charge >= 0.3 is 0 Å². The van der Waals surface area contributed by atoms with Gasteiger partial charge in [0.25, 0.3) is 5.69 Å². The number of ether oxygens (including phenoxy) is 1. The molecule has 0 unspecified atom stereocenters. The number of hydrogen-bond acceptors (Lipinski definition) is 6. The summed E-state index contributed by atoms with van der Waals surface area (Å²) in [6, 6.07) is 11.7. The van der Waals surface area contributed by atoms with E-state index in [9.17, 15) is 10.1 Å². The molecule has 2 aromatic carbocycles. The van der Waals surface area contributed by atoms with E-state index in [1.54, 1.807) is 37.4 Å². The summed E-state index contributed by atoms with van der Waals surface area (Å²) in [6.45, 7) is 1.92. The van der Waals surface area contributed by atoms with Gasteiger partial charge in [-0.25, -0.2) is 4.98 Å². The van der Waals surface area contributed by atoms with Crippen LogP contribution in [0.3, 0.4) is 0 Å². The Hall–Kier alpha value is -2.64. The molecule has 0 saturated heterocycles. The highest BCUT2D eigenvalue weighted by atomic mass is 35.5. The van der Waals surface area contributed by atoms with Crippen LogP contribution >= 0.6 is 22.9 Å². The normalized spacial score (nSPS) is 10.5. The highest BCUT2D eigenvalue weighted by Gasteiger charge is 2.14. The second-order valence-electron chi connectivity index (χ2n) is 5.20. The highest BCUT2D eigenvalue weighted by molar-refractivity contribution is 7.16. The van der Waals surface area contributed by atoms with Crippen molar-refractivity contribution in [2.24, 2.45) is 0 Å². The molecule has 25 heavy (non-hydrogen) atoms. The maximum atomic E-state index is 11.0. The molecule has 0 bridgehead atoms. The molecular formula is C17H14ClN3O3S. The van der Waals surface area contributed by atoms with Crippen molar-refractivity contribution in [2.45, 2.75) is 6.92 Å². The van der Waals surface area contributed by atoms with Crippen LogP contribution in [0.1, 0.15) is 4.88 Å². The van der Waals surface area contributed by atoms with E-state index >= 15 is 0 Å². The number of benzene rings is 2. The maximum absolute atomic E-state index is 11.0. The number of anilines is 2. The van der Waals surface area contributed by atoms with Gasteiger partial charge in [0.15, 0.2) is 5.13 Å². The van der Waals surface area contributed by atoms with Crippen LogP contribution in [0.15, 0.2) is 42.5 Å². The van der Waals surface area contributed by atoms with Gasteiger partial charge in [-0.15, -0.1) is 11.3 Å². The quantitative estimate of drug-likeness (QED) is 0.475. The Labute approximate surface area is 153 Å². The summed E-state index contributed by atoms with van der Waals surface area (Å²) in [5, 5.41) is 15.4. The fraction of sp³-hybridized carbons (Fsp3) is 0.118. The van der Waals surface area contributed by atoms with Crippen molar-refractivity contribution in [1.29, 1.82) is 0 Å². The third kappa shape index (κ3) is 3.72. The lowest BCUT2D eigenvalue weighted by Crippen LogP contribution is -1.94. The smallest absolute Gasteiger partial charge is 0.270 e. The number of hydrogen-bond donors (Lipinski definition) is 1. The summed E-state index contributed by atoms with van der Waals surface area (Å²) >= 11 is 7.50. The minimum absolute atomic E-state index is 0.0379. The first-order valence-corrected chi connectivity index (χ1v) is 8.50. The number of non-ortho nitro benzene ring substituents is 1. The Bertz CT molecular complexity index is 943. The van der Waals surface area contributed by atoms with Crippen LogP contribution in [0, 0.1) is 17.0 Å². The molecule has 8 heteroatoms. The van der Waals surface area contributed by atoms with Crippen LogP contribution in [-0.2, 0) is 0 Å². The molecule has 0 saturated carbocycles. The Kier molecular flexibility index (Phi) is 4.87. The lowest BCUT2D eigenvalue weighted by Gasteiger charge is -2.09. The topological polar surface area (TPSA) is 77.3 Å². The summed E-state index contributed by atoms with van der Waals surface area (Å²) in [4.78, 5) is 16.1. The summed E-state index contributed by atoms with van der Waals surface area (Å²) in [7, 11) is 1.58. The molecule has 0 amide bonds. The van der Waals surface area contributed by atoms with Crippen LogP contribution in [0.25, 0.3) is 11.3 Å². The fourth-order valence-electron chi connectivity index (χ4n) is 2.38. The second kappa shape index (κ2) is 7.08. The second-order valence-corrected chi connectivity index (χ2v) is 6.84. The van der Waals surface area contributed by atoms with Gasteiger partial charge < -0.3 is 10.1 Å². The van der Waals surface area contributed by atoms with Gasteiger partial charge in [0, 0.05) is 27.6 Å². The van der Waals surface area contributed by atoms with E-state index < -0.39 is 4.92 Å². The first kappa shape index (κ1) is 17.2. The Morgan fingerprint density at radius 2 is 2.08 bits per heavy atom. The molecule has 0 atom stereocenters. The average molecular weight is 376 g/mol. The van der Waals surface area contributed by atoms with E-state index in [1.165, 1.54) is 23.5 Å². The predicted molar refractivity (Wildman–Crippen MR) is 100 cm³/mol. The number of aryl methyl sites for hydroxylation is 1. The summed E-state index contributed by atoms with van der Waals surface area (Å²) < 4.78 is 5.32. The Morgan fingerprint density at radius 3 is 2.80 bits per heavy atom. The molecule has 1 heterocycles. The molecule has 3 aromatic rings. The number of rotatable bonds is 5. The van der Waals surface area contributed by atoms with E-state index in [-0.39, 0.29) is 5.69 Å². The van der Waals surface area contributed by atoms with Gasteiger partial charge in [-0.05, 0) is 25.1 Å².